The molecule has 0 unspecified atom stereocenters. The zero-order chi connectivity index (χ0) is 15.6. The van der Waals surface area contributed by atoms with E-state index in [4.69, 9.17) is 4.52 Å². The van der Waals surface area contributed by atoms with Crippen LogP contribution in [0, 0.1) is 20.8 Å². The average Bonchev–Trinajstić information content (AvgIpc) is 2.82. The van der Waals surface area contributed by atoms with Crippen LogP contribution in [-0.2, 0) is 23.2 Å². The van der Waals surface area contributed by atoms with Gasteiger partial charge in [-0.1, -0.05) is 11.2 Å². The summed E-state index contributed by atoms with van der Waals surface area (Å²) in [5.74, 6) is 0.640. The number of hydrogen-bond acceptors (Lipinski definition) is 6. The van der Waals surface area contributed by atoms with Crippen molar-refractivity contribution in [2.24, 2.45) is 0 Å². The average molecular weight is 311 g/mol. The van der Waals surface area contributed by atoms with Gasteiger partial charge in [0.25, 0.3) is 0 Å². The predicted molar refractivity (Wildman–Crippen MR) is 74.9 cm³/mol. The van der Waals surface area contributed by atoms with E-state index in [1.54, 1.807) is 19.9 Å². The van der Waals surface area contributed by atoms with Crippen LogP contribution in [0.4, 0.5) is 0 Å². The normalized spacial score (nSPS) is 11.8. The lowest BCUT2D eigenvalue weighted by Crippen LogP contribution is -2.25. The van der Waals surface area contributed by atoms with E-state index in [9.17, 15) is 13.5 Å². The van der Waals surface area contributed by atoms with Crippen LogP contribution in [0.15, 0.2) is 21.6 Å². The first kappa shape index (κ1) is 15.6. The number of aryl methyl sites for hydroxylation is 3. The van der Waals surface area contributed by atoms with Gasteiger partial charge in [0.05, 0.1) is 18.0 Å². The van der Waals surface area contributed by atoms with Gasteiger partial charge in [0.15, 0.2) is 5.82 Å². The number of nitrogens with zero attached hydrogens (tertiary/aromatic N) is 2. The van der Waals surface area contributed by atoms with Crippen molar-refractivity contribution in [3.63, 3.8) is 0 Å². The molecule has 0 spiro atoms. The SMILES string of the molecule is Cc1nc(CNS(=O)(=O)c2cc(CO)c(C)cc2C)no1. The van der Waals surface area contributed by atoms with Gasteiger partial charge in [0.2, 0.25) is 15.9 Å². The molecule has 2 N–H and O–H groups in total. The highest BCUT2D eigenvalue weighted by molar-refractivity contribution is 7.89. The molecule has 0 saturated heterocycles. The zero-order valence-corrected chi connectivity index (χ0v) is 12.9. The maximum Gasteiger partial charge on any atom is 0.241 e. The first-order valence-electron chi connectivity index (χ1n) is 6.33. The lowest BCUT2D eigenvalue weighted by atomic mass is 10.1. The fourth-order valence-electron chi connectivity index (χ4n) is 1.98. The van der Waals surface area contributed by atoms with E-state index < -0.39 is 10.0 Å². The van der Waals surface area contributed by atoms with Crippen LogP contribution in [0.2, 0.25) is 0 Å². The Kier molecular flexibility index (Phi) is 4.40. The van der Waals surface area contributed by atoms with Crippen LogP contribution in [-0.4, -0.2) is 23.7 Å². The third-order valence-corrected chi connectivity index (χ3v) is 4.63. The Morgan fingerprint density at radius 3 is 2.52 bits per heavy atom. The van der Waals surface area contributed by atoms with Gasteiger partial charge in [0, 0.05) is 6.92 Å². The van der Waals surface area contributed by atoms with Gasteiger partial charge < -0.3 is 9.63 Å². The van der Waals surface area contributed by atoms with Crippen molar-refractivity contribution >= 4 is 10.0 Å². The van der Waals surface area contributed by atoms with Gasteiger partial charge in [-0.3, -0.25) is 0 Å². The van der Waals surface area contributed by atoms with Crippen molar-refractivity contribution in [2.45, 2.75) is 38.8 Å². The number of sulfonamides is 1. The minimum absolute atomic E-state index is 0.0541. The molecule has 0 saturated carbocycles. The summed E-state index contributed by atoms with van der Waals surface area (Å²) in [5.41, 5.74) is 2.04. The molecular formula is C13H17N3O4S. The lowest BCUT2D eigenvalue weighted by molar-refractivity contribution is 0.280. The minimum atomic E-state index is -3.71. The number of aliphatic hydroxyl groups excluding tert-OH is 1. The molecule has 1 aromatic carbocycles. The Balaban J connectivity index is 2.27. The van der Waals surface area contributed by atoms with Crippen molar-refractivity contribution in [2.75, 3.05) is 0 Å². The molecule has 8 heteroatoms. The quantitative estimate of drug-likeness (QED) is 0.852. The maximum absolute atomic E-state index is 12.3. The molecule has 0 radical (unpaired) electrons. The van der Waals surface area contributed by atoms with Gasteiger partial charge in [-0.05, 0) is 36.6 Å². The second-order valence-corrected chi connectivity index (χ2v) is 6.49. The van der Waals surface area contributed by atoms with Crippen molar-refractivity contribution in [1.82, 2.24) is 14.9 Å². The van der Waals surface area contributed by atoms with Crippen LogP contribution in [0.1, 0.15) is 28.4 Å². The van der Waals surface area contributed by atoms with Crippen molar-refractivity contribution < 1.29 is 18.0 Å². The molecule has 21 heavy (non-hydrogen) atoms. The molecular weight excluding hydrogens is 294 g/mol. The van der Waals surface area contributed by atoms with Gasteiger partial charge in [0.1, 0.15) is 0 Å². The molecule has 1 heterocycles. The van der Waals surface area contributed by atoms with Crippen LogP contribution in [0.3, 0.4) is 0 Å². The Morgan fingerprint density at radius 1 is 1.24 bits per heavy atom. The molecule has 1 aromatic heterocycles. The molecule has 2 aromatic rings. The molecule has 0 atom stereocenters. The molecule has 7 nitrogen and oxygen atoms in total. The maximum atomic E-state index is 12.3. The van der Waals surface area contributed by atoms with E-state index in [0.717, 1.165) is 5.56 Å². The molecule has 114 valence electrons. The highest BCUT2D eigenvalue weighted by Crippen LogP contribution is 2.20. The van der Waals surface area contributed by atoms with E-state index in [1.165, 1.54) is 6.07 Å². The second-order valence-electron chi connectivity index (χ2n) is 4.76. The zero-order valence-electron chi connectivity index (χ0n) is 12.0. The van der Waals surface area contributed by atoms with Crippen molar-refractivity contribution in [3.8, 4) is 0 Å². The van der Waals surface area contributed by atoms with E-state index in [0.29, 0.717) is 17.0 Å². The summed E-state index contributed by atoms with van der Waals surface area (Å²) < 4.78 is 31.9. The third kappa shape index (κ3) is 3.46. The molecule has 0 aliphatic heterocycles. The molecule has 0 fully saturated rings. The van der Waals surface area contributed by atoms with Gasteiger partial charge in [-0.2, -0.15) is 4.98 Å². The summed E-state index contributed by atoms with van der Waals surface area (Å²) in [7, 11) is -3.71. The number of aromatic nitrogens is 2. The Morgan fingerprint density at radius 2 is 1.95 bits per heavy atom. The standard InChI is InChI=1S/C13H17N3O4S/c1-8-4-9(2)12(5-11(8)7-17)21(18,19)14-6-13-15-10(3)20-16-13/h4-5,14,17H,6-7H2,1-3H3. The summed E-state index contributed by atoms with van der Waals surface area (Å²) in [6.45, 7) is 4.90. The predicted octanol–water partition coefficient (Wildman–Crippen LogP) is 0.966. The Labute approximate surface area is 123 Å². The second kappa shape index (κ2) is 5.92. The fraction of sp³-hybridized carbons (Fsp3) is 0.385. The number of hydrogen-bond donors (Lipinski definition) is 2. The minimum Gasteiger partial charge on any atom is -0.392 e. The highest BCUT2D eigenvalue weighted by Gasteiger charge is 2.19. The lowest BCUT2D eigenvalue weighted by Gasteiger charge is -2.11. The number of aliphatic hydroxyl groups is 1. The van der Waals surface area contributed by atoms with Crippen LogP contribution < -0.4 is 4.72 Å². The van der Waals surface area contributed by atoms with Gasteiger partial charge >= 0.3 is 0 Å². The van der Waals surface area contributed by atoms with Crippen LogP contribution >= 0.6 is 0 Å². The van der Waals surface area contributed by atoms with Crippen LogP contribution in [0.25, 0.3) is 0 Å². The molecule has 0 amide bonds. The highest BCUT2D eigenvalue weighted by atomic mass is 32.2. The summed E-state index contributed by atoms with van der Waals surface area (Å²) >= 11 is 0. The van der Waals surface area contributed by atoms with Crippen molar-refractivity contribution in [1.29, 1.82) is 0 Å². The van der Waals surface area contributed by atoms with E-state index in [1.807, 2.05) is 6.92 Å². The summed E-state index contributed by atoms with van der Waals surface area (Å²) in [6, 6.07) is 3.22. The smallest absolute Gasteiger partial charge is 0.241 e. The van der Waals surface area contributed by atoms with E-state index in [2.05, 4.69) is 14.9 Å². The largest absolute Gasteiger partial charge is 0.392 e. The molecule has 2 rings (SSSR count). The third-order valence-electron chi connectivity index (χ3n) is 3.08. The van der Waals surface area contributed by atoms with Gasteiger partial charge in [-0.25, -0.2) is 13.1 Å². The molecule has 0 aliphatic carbocycles. The number of benzene rings is 1. The first-order valence-corrected chi connectivity index (χ1v) is 7.81. The fourth-order valence-corrected chi connectivity index (χ4v) is 3.24. The monoisotopic (exact) mass is 311 g/mol. The topological polar surface area (TPSA) is 105 Å². The van der Waals surface area contributed by atoms with Gasteiger partial charge in [-0.15, -0.1) is 0 Å². The first-order chi connectivity index (χ1) is 9.83. The Bertz CT molecular complexity index is 753. The molecule has 0 aliphatic rings. The number of rotatable bonds is 5. The summed E-state index contributed by atoms with van der Waals surface area (Å²) in [4.78, 5) is 4.07. The van der Waals surface area contributed by atoms with Crippen molar-refractivity contribution in [3.05, 3.63) is 40.5 Å². The summed E-state index contributed by atoms with van der Waals surface area (Å²) in [6.07, 6.45) is 0. The van der Waals surface area contributed by atoms with Crippen LogP contribution in [0.5, 0.6) is 0 Å². The number of nitrogens with one attached hydrogen (secondary N) is 1. The molecule has 0 bridgehead atoms. The van der Waals surface area contributed by atoms with E-state index >= 15 is 0 Å². The van der Waals surface area contributed by atoms with E-state index in [-0.39, 0.29) is 23.9 Å². The Hall–Kier alpha value is -1.77. The summed E-state index contributed by atoms with van der Waals surface area (Å²) in [5, 5.41) is 12.9.